The first-order valence-electron chi connectivity index (χ1n) is 11.5. The maximum atomic E-state index is 13.2. The van der Waals surface area contributed by atoms with Crippen molar-refractivity contribution in [2.75, 3.05) is 33.8 Å². The van der Waals surface area contributed by atoms with Gasteiger partial charge in [0, 0.05) is 31.9 Å². The number of rotatable bonds is 5. The van der Waals surface area contributed by atoms with Crippen LogP contribution in [0, 0.1) is 0 Å². The lowest BCUT2D eigenvalue weighted by atomic mass is 9.81. The Bertz CT molecular complexity index is 1120. The maximum Gasteiger partial charge on any atom is 0.456 e. The first-order chi connectivity index (χ1) is 16.5. The number of aromatic nitrogens is 2. The van der Waals surface area contributed by atoms with Crippen LogP contribution in [-0.2, 0) is 12.1 Å². The van der Waals surface area contributed by atoms with Gasteiger partial charge in [0.05, 0.1) is 24.4 Å². The van der Waals surface area contributed by atoms with Gasteiger partial charge in [-0.25, -0.2) is 4.98 Å². The van der Waals surface area contributed by atoms with Crippen LogP contribution in [0.25, 0.3) is 0 Å². The molecule has 190 valence electrons. The topological polar surface area (TPSA) is 76.9 Å². The van der Waals surface area contributed by atoms with Crippen LogP contribution in [0.3, 0.4) is 0 Å². The molecule has 1 amide bonds. The summed E-state index contributed by atoms with van der Waals surface area (Å²) in [6, 6.07) is 6.14. The van der Waals surface area contributed by atoms with Gasteiger partial charge in [-0.15, -0.1) is 0 Å². The highest BCUT2D eigenvalue weighted by Crippen LogP contribution is 2.42. The fraction of sp³-hybridized carbons (Fsp3) is 0.542. The number of likely N-dealkylation sites (tertiary alicyclic amines) is 1. The Morgan fingerprint density at radius 2 is 1.74 bits per heavy atom. The SMILES string of the molecule is COc1nc(C(=O)N2CCC3(CC2)c2ccc(C(=O)C(F)(F)F)n2CCN3C)ccc1OC(C)C. The Labute approximate surface area is 201 Å². The molecule has 0 N–H and O–H groups in total. The number of hydrogen-bond acceptors (Lipinski definition) is 6. The van der Waals surface area contributed by atoms with Crippen LogP contribution in [0.15, 0.2) is 24.3 Å². The van der Waals surface area contributed by atoms with E-state index < -0.39 is 17.5 Å². The van der Waals surface area contributed by atoms with Crippen LogP contribution in [0.4, 0.5) is 13.2 Å². The van der Waals surface area contributed by atoms with Crippen LogP contribution >= 0.6 is 0 Å². The third-order valence-electron chi connectivity index (χ3n) is 6.82. The molecule has 1 spiro atoms. The molecule has 1 saturated heterocycles. The molecule has 8 nitrogen and oxygen atoms in total. The second-order valence-electron chi connectivity index (χ2n) is 9.20. The number of hydrogen-bond donors (Lipinski definition) is 0. The summed E-state index contributed by atoms with van der Waals surface area (Å²) >= 11 is 0. The van der Waals surface area contributed by atoms with Crippen LogP contribution in [0.1, 0.15) is 53.4 Å². The smallest absolute Gasteiger partial charge is 0.456 e. The van der Waals surface area contributed by atoms with Gasteiger partial charge in [0.25, 0.3) is 17.6 Å². The second-order valence-corrected chi connectivity index (χ2v) is 9.20. The van der Waals surface area contributed by atoms with Gasteiger partial charge in [-0.1, -0.05) is 0 Å². The molecule has 0 bridgehead atoms. The molecule has 0 aromatic carbocycles. The molecule has 2 aromatic rings. The van der Waals surface area contributed by atoms with Crippen molar-refractivity contribution < 1.29 is 32.2 Å². The predicted octanol–water partition coefficient (Wildman–Crippen LogP) is 3.50. The number of methoxy groups -OCH3 is 1. The summed E-state index contributed by atoms with van der Waals surface area (Å²) in [5.41, 5.74) is 0.0194. The Morgan fingerprint density at radius 3 is 2.34 bits per heavy atom. The number of nitrogens with zero attached hydrogens (tertiary/aromatic N) is 4. The van der Waals surface area contributed by atoms with Gasteiger partial charge in [-0.05, 0) is 58.0 Å². The standard InChI is InChI=1S/C24H29F3N4O4/c1-15(2)35-18-7-5-16(28-21(18)34-4)22(33)30-11-9-23(10-12-30)19-8-6-17(20(32)24(25,26)27)31(19)14-13-29(23)3/h5-8,15H,9-14H2,1-4H3. The van der Waals surface area contributed by atoms with Crippen LogP contribution < -0.4 is 9.47 Å². The molecule has 2 aliphatic heterocycles. The zero-order valence-electron chi connectivity index (χ0n) is 20.2. The molecule has 0 radical (unpaired) electrons. The van der Waals surface area contributed by atoms with Gasteiger partial charge >= 0.3 is 6.18 Å². The van der Waals surface area contributed by atoms with Crippen LogP contribution in [0.5, 0.6) is 11.6 Å². The van der Waals surface area contributed by atoms with Gasteiger partial charge in [-0.3, -0.25) is 14.5 Å². The van der Waals surface area contributed by atoms with E-state index in [1.165, 1.54) is 17.7 Å². The molecule has 35 heavy (non-hydrogen) atoms. The number of halogens is 3. The van der Waals surface area contributed by atoms with E-state index in [0.717, 1.165) is 0 Å². The summed E-state index contributed by atoms with van der Waals surface area (Å²) in [4.78, 5) is 33.3. The molecule has 2 aliphatic rings. The van der Waals surface area contributed by atoms with Gasteiger partial charge in [0.15, 0.2) is 5.75 Å². The summed E-state index contributed by atoms with van der Waals surface area (Å²) in [5, 5.41) is 0. The van der Waals surface area contributed by atoms with Gasteiger partial charge in [0.1, 0.15) is 5.69 Å². The van der Waals surface area contributed by atoms with Crippen molar-refractivity contribution in [2.45, 2.75) is 51.1 Å². The summed E-state index contributed by atoms with van der Waals surface area (Å²) < 4.78 is 51.7. The molecule has 4 rings (SSSR count). The van der Waals surface area contributed by atoms with Crippen LogP contribution in [-0.4, -0.2) is 77.1 Å². The Kier molecular flexibility index (Phi) is 6.56. The minimum Gasteiger partial charge on any atom is -0.485 e. The molecular weight excluding hydrogens is 465 g/mol. The molecule has 0 saturated carbocycles. The lowest BCUT2D eigenvalue weighted by Gasteiger charge is -2.50. The van der Waals surface area contributed by atoms with Crippen molar-refractivity contribution in [1.29, 1.82) is 0 Å². The third-order valence-corrected chi connectivity index (χ3v) is 6.82. The zero-order valence-corrected chi connectivity index (χ0v) is 20.2. The first kappa shape index (κ1) is 25.0. The van der Waals surface area contributed by atoms with Crippen molar-refractivity contribution in [2.24, 2.45) is 0 Å². The van der Waals surface area contributed by atoms with Crippen molar-refractivity contribution in [3.05, 3.63) is 41.3 Å². The molecule has 1 fully saturated rings. The number of Topliss-reactive ketones (excluding diaryl/α,β-unsaturated/α-hetero) is 1. The van der Waals surface area contributed by atoms with E-state index in [2.05, 4.69) is 9.88 Å². The van der Waals surface area contributed by atoms with E-state index in [-0.39, 0.29) is 29.3 Å². The van der Waals surface area contributed by atoms with Gasteiger partial charge in [0.2, 0.25) is 0 Å². The van der Waals surface area contributed by atoms with E-state index in [1.54, 1.807) is 23.1 Å². The van der Waals surface area contributed by atoms with Crippen molar-refractivity contribution in [3.8, 4) is 11.6 Å². The average molecular weight is 495 g/mol. The Balaban J connectivity index is 1.54. The molecule has 0 atom stereocenters. The number of ketones is 1. The number of carbonyl (C=O) groups is 2. The average Bonchev–Trinajstić information content (AvgIpc) is 3.25. The number of fused-ring (bicyclic) bond motifs is 2. The van der Waals surface area contributed by atoms with E-state index >= 15 is 0 Å². The number of ether oxygens (including phenoxy) is 2. The minimum absolute atomic E-state index is 0.0797. The zero-order chi connectivity index (χ0) is 25.5. The number of pyridine rings is 1. The third kappa shape index (κ3) is 4.49. The fourth-order valence-corrected chi connectivity index (χ4v) is 5.03. The largest absolute Gasteiger partial charge is 0.485 e. The summed E-state index contributed by atoms with van der Waals surface area (Å²) in [7, 11) is 3.39. The first-order valence-corrected chi connectivity index (χ1v) is 11.5. The number of amides is 1. The normalized spacial score (nSPS) is 18.0. The molecule has 0 aliphatic carbocycles. The highest BCUT2D eigenvalue weighted by Gasteiger charge is 2.48. The number of alkyl halides is 3. The van der Waals surface area contributed by atoms with E-state index in [9.17, 15) is 22.8 Å². The highest BCUT2D eigenvalue weighted by atomic mass is 19.4. The van der Waals surface area contributed by atoms with E-state index in [4.69, 9.17) is 9.47 Å². The lowest BCUT2D eigenvalue weighted by molar-refractivity contribution is -0.0892. The Hall–Kier alpha value is -3.08. The van der Waals surface area contributed by atoms with Crippen molar-refractivity contribution in [1.82, 2.24) is 19.4 Å². The molecule has 2 aromatic heterocycles. The molecule has 4 heterocycles. The van der Waals surface area contributed by atoms with Gasteiger partial charge < -0.3 is 18.9 Å². The summed E-state index contributed by atoms with van der Waals surface area (Å²) in [5.74, 6) is -1.41. The minimum atomic E-state index is -4.93. The van der Waals surface area contributed by atoms with Crippen LogP contribution in [0.2, 0.25) is 0 Å². The van der Waals surface area contributed by atoms with E-state index in [0.29, 0.717) is 50.5 Å². The highest BCUT2D eigenvalue weighted by molar-refractivity contribution is 5.99. The quantitative estimate of drug-likeness (QED) is 0.593. The lowest BCUT2D eigenvalue weighted by Crippen LogP contribution is -2.56. The van der Waals surface area contributed by atoms with Crippen molar-refractivity contribution in [3.63, 3.8) is 0 Å². The number of carbonyl (C=O) groups excluding carboxylic acids is 2. The second kappa shape index (κ2) is 9.18. The number of likely N-dealkylation sites (N-methyl/N-ethyl adjacent to an activating group) is 1. The summed E-state index contributed by atoms with van der Waals surface area (Å²) in [6.07, 6.45) is -3.97. The van der Waals surface area contributed by atoms with Crippen molar-refractivity contribution >= 4 is 11.7 Å². The van der Waals surface area contributed by atoms with Gasteiger partial charge in [-0.2, -0.15) is 13.2 Å². The Morgan fingerprint density at radius 1 is 1.06 bits per heavy atom. The predicted molar refractivity (Wildman–Crippen MR) is 121 cm³/mol. The molecular formula is C24H29F3N4O4. The van der Waals surface area contributed by atoms with E-state index in [1.807, 2.05) is 20.9 Å². The maximum absolute atomic E-state index is 13.2. The number of piperidine rings is 1. The monoisotopic (exact) mass is 494 g/mol. The fourth-order valence-electron chi connectivity index (χ4n) is 5.03. The molecule has 0 unspecified atom stereocenters. The summed E-state index contributed by atoms with van der Waals surface area (Å²) in [6.45, 7) is 5.35. The molecule has 11 heteroatoms.